The largest absolute Gasteiger partial charge is 0.350 e. The molecule has 2 aromatic rings. The minimum absolute atomic E-state index is 0.394. The van der Waals surface area contributed by atoms with Crippen molar-refractivity contribution < 1.29 is 5.21 Å². The van der Waals surface area contributed by atoms with Crippen LogP contribution in [0, 0.1) is 6.92 Å². The smallest absolute Gasteiger partial charge is 0.0970 e. The summed E-state index contributed by atoms with van der Waals surface area (Å²) in [5.74, 6) is 0. The molecule has 2 rings (SSSR count). The minimum atomic E-state index is 0.394. The van der Waals surface area contributed by atoms with Crippen molar-refractivity contribution >= 4 is 28.1 Å². The monoisotopic (exact) mass is 236 g/mol. The Balaban J connectivity index is 0.000000221. The van der Waals surface area contributed by atoms with E-state index in [2.05, 4.69) is 61.2 Å². The molecule has 0 aliphatic heterocycles. The molecule has 0 fully saturated rings. The number of hydrogen-bond donors (Lipinski definition) is 2. The van der Waals surface area contributed by atoms with E-state index in [1.54, 1.807) is 12.4 Å². The fraction of sp³-hybridized carbons (Fsp3) is 0.250. The number of thiocarbonyl (C=S) groups is 1. The quantitative estimate of drug-likeness (QED) is 0.545. The zero-order chi connectivity index (χ0) is 12.1. The SMILES string of the molecule is CC(=S)NO.Cc1cn(C)c2ccccc12. The van der Waals surface area contributed by atoms with Gasteiger partial charge in [0.05, 0.1) is 4.99 Å². The first kappa shape index (κ1) is 12.7. The number of nitrogens with one attached hydrogen (secondary N) is 1. The third-order valence-corrected chi connectivity index (χ3v) is 2.34. The Kier molecular flexibility index (Phi) is 4.46. The predicted molar refractivity (Wildman–Crippen MR) is 70.9 cm³/mol. The molecule has 16 heavy (non-hydrogen) atoms. The fourth-order valence-electron chi connectivity index (χ4n) is 1.54. The van der Waals surface area contributed by atoms with Gasteiger partial charge in [-0.2, -0.15) is 0 Å². The van der Waals surface area contributed by atoms with Crippen molar-refractivity contribution in [1.29, 1.82) is 0 Å². The number of hydrogen-bond acceptors (Lipinski definition) is 2. The van der Waals surface area contributed by atoms with E-state index >= 15 is 0 Å². The second kappa shape index (κ2) is 5.63. The van der Waals surface area contributed by atoms with Gasteiger partial charge in [-0.05, 0) is 25.5 Å². The van der Waals surface area contributed by atoms with Crippen LogP contribution in [0.3, 0.4) is 0 Å². The van der Waals surface area contributed by atoms with Crippen molar-refractivity contribution in [3.8, 4) is 0 Å². The van der Waals surface area contributed by atoms with Crippen LogP contribution in [0.4, 0.5) is 0 Å². The van der Waals surface area contributed by atoms with Crippen LogP contribution in [-0.4, -0.2) is 14.8 Å². The second-order valence-electron chi connectivity index (χ2n) is 3.61. The van der Waals surface area contributed by atoms with E-state index in [-0.39, 0.29) is 0 Å². The van der Waals surface area contributed by atoms with Crippen LogP contribution in [0.2, 0.25) is 0 Å². The van der Waals surface area contributed by atoms with Crippen LogP contribution in [0.25, 0.3) is 10.9 Å². The lowest BCUT2D eigenvalue weighted by Crippen LogP contribution is -2.10. The van der Waals surface area contributed by atoms with Crippen LogP contribution >= 0.6 is 12.2 Å². The van der Waals surface area contributed by atoms with Gasteiger partial charge in [-0.15, -0.1) is 0 Å². The van der Waals surface area contributed by atoms with Crippen molar-refractivity contribution in [2.24, 2.45) is 7.05 Å². The molecule has 0 bridgehead atoms. The second-order valence-corrected chi connectivity index (χ2v) is 4.22. The zero-order valence-corrected chi connectivity index (χ0v) is 10.5. The van der Waals surface area contributed by atoms with Crippen molar-refractivity contribution in [2.45, 2.75) is 13.8 Å². The maximum Gasteiger partial charge on any atom is 0.0970 e. The van der Waals surface area contributed by atoms with Crippen LogP contribution in [0.5, 0.6) is 0 Å². The Morgan fingerprint density at radius 2 is 1.94 bits per heavy atom. The highest BCUT2D eigenvalue weighted by Crippen LogP contribution is 2.18. The van der Waals surface area contributed by atoms with E-state index in [9.17, 15) is 0 Å². The lowest BCUT2D eigenvalue weighted by molar-refractivity contribution is 0.236. The molecule has 2 N–H and O–H groups in total. The number of rotatable bonds is 0. The third-order valence-electron chi connectivity index (χ3n) is 2.25. The molecule has 0 aliphatic carbocycles. The molecule has 0 saturated heterocycles. The van der Waals surface area contributed by atoms with E-state index < -0.39 is 0 Å². The number of aryl methyl sites for hydroxylation is 2. The summed E-state index contributed by atoms with van der Waals surface area (Å²) in [6, 6.07) is 8.45. The topological polar surface area (TPSA) is 37.2 Å². The molecule has 0 atom stereocenters. The van der Waals surface area contributed by atoms with Gasteiger partial charge in [0, 0.05) is 24.1 Å². The molecule has 0 unspecified atom stereocenters. The van der Waals surface area contributed by atoms with Crippen molar-refractivity contribution in [1.82, 2.24) is 10.0 Å². The van der Waals surface area contributed by atoms with Crippen LogP contribution < -0.4 is 5.48 Å². The molecule has 4 heteroatoms. The summed E-state index contributed by atoms with van der Waals surface area (Å²) in [4.78, 5) is 0.394. The molecule has 0 radical (unpaired) electrons. The first-order valence-corrected chi connectivity index (χ1v) is 5.38. The molecular formula is C12H16N2OS. The number of benzene rings is 1. The van der Waals surface area contributed by atoms with Crippen molar-refractivity contribution in [2.75, 3.05) is 0 Å². The van der Waals surface area contributed by atoms with Gasteiger partial charge < -0.3 is 4.57 Å². The Morgan fingerprint density at radius 1 is 1.38 bits per heavy atom. The summed E-state index contributed by atoms with van der Waals surface area (Å²) in [7, 11) is 2.08. The van der Waals surface area contributed by atoms with Gasteiger partial charge in [0.15, 0.2) is 0 Å². The van der Waals surface area contributed by atoms with E-state index in [0.29, 0.717) is 4.99 Å². The van der Waals surface area contributed by atoms with Crippen LogP contribution in [0.1, 0.15) is 12.5 Å². The summed E-state index contributed by atoms with van der Waals surface area (Å²) in [6.45, 7) is 3.73. The Bertz CT molecular complexity index is 455. The average molecular weight is 236 g/mol. The lowest BCUT2D eigenvalue weighted by Gasteiger charge is -1.92. The number of fused-ring (bicyclic) bond motifs is 1. The Hall–Kier alpha value is -1.39. The normalized spacial score (nSPS) is 9.50. The summed E-state index contributed by atoms with van der Waals surface area (Å²) in [5, 5.41) is 9.11. The molecule has 0 spiro atoms. The molecule has 1 aromatic heterocycles. The first-order valence-electron chi connectivity index (χ1n) is 4.97. The van der Waals surface area contributed by atoms with Crippen molar-refractivity contribution in [3.05, 3.63) is 36.0 Å². The Morgan fingerprint density at radius 3 is 2.44 bits per heavy atom. The maximum atomic E-state index is 7.75. The highest BCUT2D eigenvalue weighted by Gasteiger charge is 1.98. The average Bonchev–Trinajstić information content (AvgIpc) is 2.56. The summed E-state index contributed by atoms with van der Waals surface area (Å²) in [5.41, 5.74) is 4.42. The highest BCUT2D eigenvalue weighted by molar-refractivity contribution is 7.80. The van der Waals surface area contributed by atoms with Gasteiger partial charge in [-0.25, -0.2) is 0 Å². The van der Waals surface area contributed by atoms with Crippen LogP contribution in [-0.2, 0) is 7.05 Å². The van der Waals surface area contributed by atoms with E-state index in [0.717, 1.165) is 0 Å². The number of hydroxylamine groups is 1. The fourth-order valence-corrected chi connectivity index (χ4v) is 1.54. The Labute approximate surface area is 101 Å². The molecular weight excluding hydrogens is 220 g/mol. The van der Waals surface area contributed by atoms with E-state index in [1.165, 1.54) is 16.5 Å². The van der Waals surface area contributed by atoms with E-state index in [4.69, 9.17) is 5.21 Å². The molecule has 0 saturated carbocycles. The molecule has 3 nitrogen and oxygen atoms in total. The summed E-state index contributed by atoms with van der Waals surface area (Å²) >= 11 is 4.34. The van der Waals surface area contributed by atoms with Gasteiger partial charge in [-0.1, -0.05) is 30.4 Å². The van der Waals surface area contributed by atoms with Gasteiger partial charge in [-0.3, -0.25) is 10.7 Å². The predicted octanol–water partition coefficient (Wildman–Crippen LogP) is 2.80. The van der Waals surface area contributed by atoms with Crippen molar-refractivity contribution in [3.63, 3.8) is 0 Å². The van der Waals surface area contributed by atoms with Gasteiger partial charge in [0.25, 0.3) is 0 Å². The third kappa shape index (κ3) is 3.05. The standard InChI is InChI=1S/C10H11N.C2H5NOS/c1-8-7-11(2)10-6-4-3-5-9(8)10;1-2(5)3-4/h3-7H,1-2H3;4H,1H3,(H,3,5). The van der Waals surface area contributed by atoms with Gasteiger partial charge in [0.1, 0.15) is 0 Å². The number of nitrogens with zero attached hydrogens (tertiary/aromatic N) is 1. The molecule has 86 valence electrons. The summed E-state index contributed by atoms with van der Waals surface area (Å²) in [6.07, 6.45) is 2.16. The molecule has 0 amide bonds. The van der Waals surface area contributed by atoms with E-state index in [1.807, 2.05) is 0 Å². The maximum absolute atomic E-state index is 7.75. The molecule has 0 aliphatic rings. The van der Waals surface area contributed by atoms with Crippen LogP contribution in [0.15, 0.2) is 30.5 Å². The zero-order valence-electron chi connectivity index (χ0n) is 9.69. The highest BCUT2D eigenvalue weighted by atomic mass is 32.1. The molecule has 1 aromatic carbocycles. The number of para-hydroxylation sites is 1. The molecule has 1 heterocycles. The first-order chi connectivity index (χ1) is 7.56. The van der Waals surface area contributed by atoms with Gasteiger partial charge in [0.2, 0.25) is 0 Å². The van der Waals surface area contributed by atoms with Gasteiger partial charge >= 0.3 is 0 Å². The number of aromatic nitrogens is 1. The lowest BCUT2D eigenvalue weighted by atomic mass is 10.2. The minimum Gasteiger partial charge on any atom is -0.350 e. The summed E-state index contributed by atoms with van der Waals surface area (Å²) < 4.78 is 2.16.